The van der Waals surface area contributed by atoms with E-state index < -0.39 is 47.7 Å². The summed E-state index contributed by atoms with van der Waals surface area (Å²) < 4.78 is 10.6. The van der Waals surface area contributed by atoms with Crippen LogP contribution >= 0.6 is 0 Å². The highest BCUT2D eigenvalue weighted by atomic mass is 16.5. The highest BCUT2D eigenvalue weighted by molar-refractivity contribution is 6.15. The van der Waals surface area contributed by atoms with Crippen LogP contribution in [-0.4, -0.2) is 70.7 Å². The Labute approximate surface area is 198 Å². The SMILES string of the molecule is CC(C)C(C(=O)OCCCCCCOC(=O)C(C(C)C)N1C(=O)C=CC1=O)N1C(=O)C=CC1=O. The molecule has 4 amide bonds. The minimum Gasteiger partial charge on any atom is -0.464 e. The second kappa shape index (κ2) is 12.2. The standard InChI is InChI=1S/C24H32N2O8/c1-15(2)21(25-17(27)9-10-18(25)28)23(31)33-13-7-5-6-8-14-34-24(32)22(16(3)4)26-19(29)11-12-20(26)30/h9-12,15-16,21-22H,5-8,13-14H2,1-4H3. The lowest BCUT2D eigenvalue weighted by Crippen LogP contribution is -2.48. The van der Waals surface area contributed by atoms with Gasteiger partial charge in [-0.2, -0.15) is 0 Å². The quantitative estimate of drug-likeness (QED) is 0.222. The maximum absolute atomic E-state index is 12.4. The van der Waals surface area contributed by atoms with Crippen molar-refractivity contribution in [3.63, 3.8) is 0 Å². The van der Waals surface area contributed by atoms with E-state index in [9.17, 15) is 28.8 Å². The number of carbonyl (C=O) groups excluding carboxylic acids is 6. The number of esters is 2. The van der Waals surface area contributed by atoms with Crippen molar-refractivity contribution in [3.05, 3.63) is 24.3 Å². The Kier molecular flexibility index (Phi) is 9.70. The molecule has 0 aromatic heterocycles. The van der Waals surface area contributed by atoms with Gasteiger partial charge in [0.2, 0.25) is 0 Å². The second-order valence-corrected chi connectivity index (χ2v) is 8.89. The molecule has 34 heavy (non-hydrogen) atoms. The van der Waals surface area contributed by atoms with Gasteiger partial charge in [-0.15, -0.1) is 0 Å². The predicted molar refractivity (Wildman–Crippen MR) is 120 cm³/mol. The summed E-state index contributed by atoms with van der Waals surface area (Å²) in [7, 11) is 0. The lowest BCUT2D eigenvalue weighted by atomic mass is 10.0. The largest absolute Gasteiger partial charge is 0.464 e. The summed E-state index contributed by atoms with van der Waals surface area (Å²) in [6.45, 7) is 7.24. The van der Waals surface area contributed by atoms with Gasteiger partial charge in [-0.25, -0.2) is 9.59 Å². The molecule has 2 unspecified atom stereocenters. The zero-order chi connectivity index (χ0) is 25.4. The van der Waals surface area contributed by atoms with Crippen LogP contribution in [-0.2, 0) is 38.2 Å². The smallest absolute Gasteiger partial charge is 0.329 e. The van der Waals surface area contributed by atoms with E-state index in [-0.39, 0.29) is 25.0 Å². The minimum absolute atomic E-state index is 0.146. The molecular formula is C24H32N2O8. The minimum atomic E-state index is -0.965. The van der Waals surface area contributed by atoms with E-state index in [1.165, 1.54) is 0 Å². The number of unbranched alkanes of at least 4 members (excludes halogenated alkanes) is 3. The van der Waals surface area contributed by atoms with Crippen LogP contribution in [0, 0.1) is 11.8 Å². The first-order valence-corrected chi connectivity index (χ1v) is 11.5. The molecule has 2 rings (SSSR count). The fraction of sp³-hybridized carbons (Fsp3) is 0.583. The number of imide groups is 2. The first kappa shape index (κ1) is 26.9. The van der Waals surface area contributed by atoms with Crippen LogP contribution in [0.3, 0.4) is 0 Å². The normalized spacial score (nSPS) is 17.4. The zero-order valence-corrected chi connectivity index (χ0v) is 20.0. The topological polar surface area (TPSA) is 127 Å². The maximum Gasteiger partial charge on any atom is 0.329 e. The van der Waals surface area contributed by atoms with Crippen molar-refractivity contribution in [2.24, 2.45) is 11.8 Å². The molecule has 2 atom stereocenters. The van der Waals surface area contributed by atoms with Gasteiger partial charge in [0.25, 0.3) is 23.6 Å². The Hall–Kier alpha value is -3.30. The van der Waals surface area contributed by atoms with Gasteiger partial charge in [-0.3, -0.25) is 29.0 Å². The summed E-state index contributed by atoms with van der Waals surface area (Å²) in [5.74, 6) is -3.90. The van der Waals surface area contributed by atoms with E-state index in [2.05, 4.69) is 0 Å². The van der Waals surface area contributed by atoms with Crippen LogP contribution in [0.15, 0.2) is 24.3 Å². The highest BCUT2D eigenvalue weighted by Gasteiger charge is 2.39. The molecule has 0 aromatic carbocycles. The number of rotatable bonds is 13. The van der Waals surface area contributed by atoms with Gasteiger partial charge < -0.3 is 9.47 Å². The van der Waals surface area contributed by atoms with Crippen molar-refractivity contribution in [2.45, 2.75) is 65.5 Å². The summed E-state index contributed by atoms with van der Waals surface area (Å²) in [6.07, 6.45) is 7.11. The van der Waals surface area contributed by atoms with Gasteiger partial charge in [0.15, 0.2) is 0 Å². The number of amides is 4. The van der Waals surface area contributed by atoms with E-state index in [1.807, 2.05) is 0 Å². The molecule has 0 bridgehead atoms. The predicted octanol–water partition coefficient (Wildman–Crippen LogP) is 1.53. The molecule has 0 radical (unpaired) electrons. The van der Waals surface area contributed by atoms with Crippen LogP contribution in [0.25, 0.3) is 0 Å². The molecule has 2 aliphatic rings. The molecule has 0 saturated carbocycles. The molecule has 186 valence electrons. The number of ether oxygens (including phenoxy) is 2. The first-order chi connectivity index (χ1) is 16.1. The fourth-order valence-electron chi connectivity index (χ4n) is 3.80. The highest BCUT2D eigenvalue weighted by Crippen LogP contribution is 2.19. The van der Waals surface area contributed by atoms with Gasteiger partial charge in [0, 0.05) is 24.3 Å². The average Bonchev–Trinajstić information content (AvgIpc) is 3.26. The molecule has 0 aliphatic carbocycles. The number of hydrogen-bond donors (Lipinski definition) is 0. The average molecular weight is 477 g/mol. The summed E-state index contributed by atoms with van der Waals surface area (Å²) >= 11 is 0. The van der Waals surface area contributed by atoms with E-state index in [1.54, 1.807) is 27.7 Å². The van der Waals surface area contributed by atoms with Crippen molar-refractivity contribution in [2.75, 3.05) is 13.2 Å². The van der Waals surface area contributed by atoms with Gasteiger partial charge in [0.1, 0.15) is 12.1 Å². The Morgan fingerprint density at radius 3 is 1.18 bits per heavy atom. The summed E-state index contributed by atoms with van der Waals surface area (Å²) in [4.78, 5) is 74.2. The van der Waals surface area contributed by atoms with Gasteiger partial charge in [-0.1, -0.05) is 27.7 Å². The third-order valence-electron chi connectivity index (χ3n) is 5.52. The van der Waals surface area contributed by atoms with Crippen molar-refractivity contribution in [3.8, 4) is 0 Å². The van der Waals surface area contributed by atoms with Crippen molar-refractivity contribution >= 4 is 35.6 Å². The monoisotopic (exact) mass is 476 g/mol. The third kappa shape index (κ3) is 6.61. The van der Waals surface area contributed by atoms with E-state index in [0.29, 0.717) is 25.7 Å². The molecule has 2 heterocycles. The molecule has 0 saturated heterocycles. The van der Waals surface area contributed by atoms with Crippen molar-refractivity contribution in [1.82, 2.24) is 9.80 Å². The van der Waals surface area contributed by atoms with E-state index >= 15 is 0 Å². The van der Waals surface area contributed by atoms with E-state index in [0.717, 1.165) is 34.1 Å². The Morgan fingerprint density at radius 2 is 0.912 bits per heavy atom. The second-order valence-electron chi connectivity index (χ2n) is 8.89. The van der Waals surface area contributed by atoms with Gasteiger partial charge in [0.05, 0.1) is 13.2 Å². The summed E-state index contributed by atoms with van der Waals surface area (Å²) in [5.41, 5.74) is 0. The fourth-order valence-corrected chi connectivity index (χ4v) is 3.80. The van der Waals surface area contributed by atoms with Crippen LogP contribution in [0.1, 0.15) is 53.4 Å². The molecule has 0 fully saturated rings. The van der Waals surface area contributed by atoms with Gasteiger partial charge in [-0.05, 0) is 37.5 Å². The lowest BCUT2D eigenvalue weighted by molar-refractivity contribution is -0.159. The van der Waals surface area contributed by atoms with Gasteiger partial charge >= 0.3 is 11.9 Å². The van der Waals surface area contributed by atoms with Crippen LogP contribution < -0.4 is 0 Å². The Morgan fingerprint density at radius 1 is 0.618 bits per heavy atom. The maximum atomic E-state index is 12.4. The number of hydrogen-bond acceptors (Lipinski definition) is 8. The molecule has 0 spiro atoms. The van der Waals surface area contributed by atoms with Crippen LogP contribution in [0.5, 0.6) is 0 Å². The van der Waals surface area contributed by atoms with Crippen LogP contribution in [0.4, 0.5) is 0 Å². The molecule has 0 aromatic rings. The van der Waals surface area contributed by atoms with E-state index in [4.69, 9.17) is 9.47 Å². The first-order valence-electron chi connectivity index (χ1n) is 11.5. The number of carbonyl (C=O) groups is 6. The lowest BCUT2D eigenvalue weighted by Gasteiger charge is -2.27. The summed E-state index contributed by atoms with van der Waals surface area (Å²) in [6, 6.07) is -1.93. The zero-order valence-electron chi connectivity index (χ0n) is 20.0. The molecule has 10 nitrogen and oxygen atoms in total. The Bertz CT molecular complexity index is 781. The molecule has 0 N–H and O–H groups in total. The number of nitrogens with zero attached hydrogens (tertiary/aromatic N) is 2. The van der Waals surface area contributed by atoms with Crippen molar-refractivity contribution < 1.29 is 38.2 Å². The molecule has 2 aliphatic heterocycles. The molecular weight excluding hydrogens is 444 g/mol. The third-order valence-corrected chi connectivity index (χ3v) is 5.52. The Balaban J connectivity index is 1.66. The van der Waals surface area contributed by atoms with Crippen LogP contribution in [0.2, 0.25) is 0 Å². The molecule has 10 heteroatoms. The summed E-state index contributed by atoms with van der Waals surface area (Å²) in [5, 5.41) is 0. The van der Waals surface area contributed by atoms with Crippen molar-refractivity contribution in [1.29, 1.82) is 0 Å².